The van der Waals surface area contributed by atoms with Crippen LogP contribution in [-0.4, -0.2) is 59.6 Å². The molecule has 0 atom stereocenters. The van der Waals surface area contributed by atoms with Gasteiger partial charge in [-0.25, -0.2) is 4.79 Å². The van der Waals surface area contributed by atoms with Crippen molar-refractivity contribution in [3.8, 4) is 11.3 Å². The van der Waals surface area contributed by atoms with Crippen LogP contribution in [0.1, 0.15) is 33.4 Å². The van der Waals surface area contributed by atoms with Crippen LogP contribution in [0, 0.1) is 17.0 Å². The first-order chi connectivity index (χ1) is 18.2. The molecule has 4 rings (SSSR count). The number of hydrogen-bond acceptors (Lipinski definition) is 8. The highest BCUT2D eigenvalue weighted by Gasteiger charge is 2.27. The lowest BCUT2D eigenvalue weighted by Crippen LogP contribution is -2.52. The summed E-state index contributed by atoms with van der Waals surface area (Å²) in [6, 6.07) is 13.1. The molecule has 0 aliphatic carbocycles. The molecule has 3 aromatic rings. The zero-order valence-corrected chi connectivity index (χ0v) is 22.3. The molecular formula is C26H25ClN4O6S. The second-order valence-corrected chi connectivity index (χ2v) is 9.34. The third kappa shape index (κ3) is 5.95. The lowest BCUT2D eigenvalue weighted by atomic mass is 10.1. The molecular weight excluding hydrogens is 532 g/mol. The van der Waals surface area contributed by atoms with E-state index in [1.807, 2.05) is 28.9 Å². The Balaban J connectivity index is 1.37. The van der Waals surface area contributed by atoms with Crippen molar-refractivity contribution in [2.75, 3.05) is 37.7 Å². The van der Waals surface area contributed by atoms with Gasteiger partial charge in [-0.3, -0.25) is 20.2 Å². The van der Waals surface area contributed by atoms with E-state index in [-0.39, 0.29) is 28.7 Å². The van der Waals surface area contributed by atoms with E-state index < -0.39 is 16.8 Å². The molecule has 0 unspecified atom stereocenters. The normalized spacial score (nSPS) is 13.2. The van der Waals surface area contributed by atoms with E-state index >= 15 is 0 Å². The minimum atomic E-state index is -0.612. The molecule has 0 bridgehead atoms. The Morgan fingerprint density at radius 3 is 2.53 bits per heavy atom. The SMILES string of the molecule is CCOC(=O)c1ccc(N2CCN(C(=S)NC(=O)c3ccc(-c4ccc(C)c(Cl)c4)o3)CC2)c([N+](=O)[O-])c1. The number of piperazine rings is 1. The Labute approximate surface area is 229 Å². The molecule has 2 heterocycles. The van der Waals surface area contributed by atoms with Crippen LogP contribution in [0.3, 0.4) is 0 Å². The molecule has 1 fully saturated rings. The van der Waals surface area contributed by atoms with E-state index in [0.29, 0.717) is 42.6 Å². The lowest BCUT2D eigenvalue weighted by molar-refractivity contribution is -0.384. The summed E-state index contributed by atoms with van der Waals surface area (Å²) in [6.07, 6.45) is 0. The second-order valence-electron chi connectivity index (χ2n) is 8.54. The zero-order valence-electron chi connectivity index (χ0n) is 20.7. The first kappa shape index (κ1) is 27.1. The highest BCUT2D eigenvalue weighted by atomic mass is 35.5. The summed E-state index contributed by atoms with van der Waals surface area (Å²) in [4.78, 5) is 39.5. The molecule has 1 aromatic heterocycles. The summed E-state index contributed by atoms with van der Waals surface area (Å²) in [5, 5.41) is 15.2. The lowest BCUT2D eigenvalue weighted by Gasteiger charge is -2.36. The summed E-state index contributed by atoms with van der Waals surface area (Å²) in [7, 11) is 0. The number of halogens is 1. The maximum absolute atomic E-state index is 12.7. The smallest absolute Gasteiger partial charge is 0.338 e. The fourth-order valence-electron chi connectivity index (χ4n) is 4.03. The number of esters is 1. The van der Waals surface area contributed by atoms with Gasteiger partial charge in [0.1, 0.15) is 11.4 Å². The van der Waals surface area contributed by atoms with Gasteiger partial charge in [-0.05, 0) is 62.0 Å². The van der Waals surface area contributed by atoms with Crippen LogP contribution in [0.15, 0.2) is 52.9 Å². The number of ether oxygens (including phenoxy) is 1. The predicted octanol–water partition coefficient (Wildman–Crippen LogP) is 4.83. The molecule has 10 nitrogen and oxygen atoms in total. The number of nitro benzene ring substituents is 1. The number of nitrogens with zero attached hydrogens (tertiary/aromatic N) is 3. The van der Waals surface area contributed by atoms with Crippen LogP contribution in [0.25, 0.3) is 11.3 Å². The third-order valence-corrected chi connectivity index (χ3v) is 6.86. The van der Waals surface area contributed by atoms with Crippen LogP contribution in [-0.2, 0) is 4.74 Å². The molecule has 1 amide bonds. The van der Waals surface area contributed by atoms with Gasteiger partial charge < -0.3 is 19.0 Å². The summed E-state index contributed by atoms with van der Waals surface area (Å²) in [5.74, 6) is -0.478. The molecule has 2 aromatic carbocycles. The summed E-state index contributed by atoms with van der Waals surface area (Å²) >= 11 is 11.6. The minimum Gasteiger partial charge on any atom is -0.462 e. The first-order valence-electron chi connectivity index (χ1n) is 11.8. The molecule has 1 saturated heterocycles. The van der Waals surface area contributed by atoms with Crippen LogP contribution >= 0.6 is 23.8 Å². The molecule has 0 saturated carbocycles. The van der Waals surface area contributed by atoms with Gasteiger partial charge in [0.25, 0.3) is 11.6 Å². The fraction of sp³-hybridized carbons (Fsp3) is 0.269. The highest BCUT2D eigenvalue weighted by molar-refractivity contribution is 7.80. The van der Waals surface area contributed by atoms with E-state index in [0.717, 1.165) is 11.1 Å². The van der Waals surface area contributed by atoms with Crippen LogP contribution in [0.4, 0.5) is 11.4 Å². The molecule has 1 aliphatic rings. The van der Waals surface area contributed by atoms with Crippen molar-refractivity contribution in [3.63, 3.8) is 0 Å². The van der Waals surface area contributed by atoms with Gasteiger partial charge in [0.15, 0.2) is 10.9 Å². The summed E-state index contributed by atoms with van der Waals surface area (Å²) in [5.41, 5.74) is 2.04. The average molecular weight is 557 g/mol. The van der Waals surface area contributed by atoms with Crippen LogP contribution < -0.4 is 10.2 Å². The van der Waals surface area contributed by atoms with E-state index in [1.165, 1.54) is 12.1 Å². The minimum absolute atomic E-state index is 0.106. The number of benzene rings is 2. The number of nitro groups is 1. The average Bonchev–Trinajstić information content (AvgIpc) is 3.41. The topological polar surface area (TPSA) is 118 Å². The molecule has 1 aliphatic heterocycles. The Morgan fingerprint density at radius 1 is 1.13 bits per heavy atom. The number of nitrogens with one attached hydrogen (secondary N) is 1. The standard InChI is InChI=1S/C26H25ClN4O6S/c1-3-36-25(33)18-6-7-20(21(15-18)31(34)35)29-10-12-30(13-11-29)26(38)28-24(32)23-9-8-22(37-23)17-5-4-16(2)19(27)14-17/h4-9,14-15H,3,10-13H2,1-2H3,(H,28,32,38). The number of anilines is 1. The summed E-state index contributed by atoms with van der Waals surface area (Å²) < 4.78 is 10.7. The van der Waals surface area contributed by atoms with Gasteiger partial charge in [0.2, 0.25) is 0 Å². The molecule has 198 valence electrons. The van der Waals surface area contributed by atoms with Crippen molar-refractivity contribution < 1.29 is 23.7 Å². The number of aryl methyl sites for hydroxylation is 1. The monoisotopic (exact) mass is 556 g/mol. The Bertz CT molecular complexity index is 1400. The van der Waals surface area contributed by atoms with Gasteiger partial charge in [-0.2, -0.15) is 0 Å². The maximum atomic E-state index is 12.7. The van der Waals surface area contributed by atoms with Gasteiger partial charge in [-0.1, -0.05) is 23.7 Å². The van der Waals surface area contributed by atoms with Crippen molar-refractivity contribution >= 4 is 52.2 Å². The predicted molar refractivity (Wildman–Crippen MR) is 147 cm³/mol. The van der Waals surface area contributed by atoms with Crippen molar-refractivity contribution in [2.24, 2.45) is 0 Å². The number of carbonyl (C=O) groups is 2. The second kappa shape index (κ2) is 11.6. The van der Waals surface area contributed by atoms with E-state index in [4.69, 9.17) is 33.0 Å². The van der Waals surface area contributed by atoms with Crippen molar-refractivity contribution in [2.45, 2.75) is 13.8 Å². The van der Waals surface area contributed by atoms with Gasteiger partial charge in [-0.15, -0.1) is 0 Å². The van der Waals surface area contributed by atoms with Gasteiger partial charge in [0.05, 0.1) is 17.1 Å². The molecule has 12 heteroatoms. The third-order valence-electron chi connectivity index (χ3n) is 6.10. The van der Waals surface area contributed by atoms with Crippen LogP contribution in [0.2, 0.25) is 5.02 Å². The fourth-order valence-corrected chi connectivity index (χ4v) is 4.48. The number of rotatable bonds is 6. The van der Waals surface area contributed by atoms with Crippen molar-refractivity contribution in [3.05, 3.63) is 80.6 Å². The number of carbonyl (C=O) groups excluding carboxylic acids is 2. The highest BCUT2D eigenvalue weighted by Crippen LogP contribution is 2.31. The Hall–Kier alpha value is -3.96. The van der Waals surface area contributed by atoms with Crippen molar-refractivity contribution in [1.29, 1.82) is 0 Å². The van der Waals surface area contributed by atoms with E-state index in [1.54, 1.807) is 31.2 Å². The molecule has 1 N–H and O–H groups in total. The van der Waals surface area contributed by atoms with E-state index in [2.05, 4.69) is 5.32 Å². The quantitative estimate of drug-likeness (QED) is 0.197. The maximum Gasteiger partial charge on any atom is 0.338 e. The number of thiocarbonyl (C=S) groups is 1. The Morgan fingerprint density at radius 2 is 1.87 bits per heavy atom. The number of amides is 1. The van der Waals surface area contributed by atoms with Gasteiger partial charge >= 0.3 is 5.97 Å². The molecule has 0 spiro atoms. The Kier molecular flexibility index (Phi) is 8.28. The number of furan rings is 1. The molecule has 0 radical (unpaired) electrons. The first-order valence-corrected chi connectivity index (χ1v) is 12.6. The zero-order chi connectivity index (χ0) is 27.4. The molecule has 38 heavy (non-hydrogen) atoms. The van der Waals surface area contributed by atoms with Crippen molar-refractivity contribution in [1.82, 2.24) is 10.2 Å². The number of hydrogen-bond donors (Lipinski definition) is 1. The van der Waals surface area contributed by atoms with Gasteiger partial charge in [0, 0.05) is 42.8 Å². The van der Waals surface area contributed by atoms with Crippen LogP contribution in [0.5, 0.6) is 0 Å². The van der Waals surface area contributed by atoms with E-state index in [9.17, 15) is 19.7 Å². The largest absolute Gasteiger partial charge is 0.462 e. The summed E-state index contributed by atoms with van der Waals surface area (Å²) in [6.45, 7) is 5.46.